The summed E-state index contributed by atoms with van der Waals surface area (Å²) in [6, 6.07) is 7.36. The number of hydrogen-bond acceptors (Lipinski definition) is 8. The minimum Gasteiger partial charge on any atom is -0.507 e. The average Bonchev–Trinajstić information content (AvgIpc) is 3.44. The van der Waals surface area contributed by atoms with Gasteiger partial charge in [0.2, 0.25) is 0 Å². The van der Waals surface area contributed by atoms with Crippen molar-refractivity contribution in [3.63, 3.8) is 0 Å². The first-order valence-corrected chi connectivity index (χ1v) is 10.4. The number of morpholine rings is 1. The predicted octanol–water partition coefficient (Wildman–Crippen LogP) is 2.05. The van der Waals surface area contributed by atoms with Crippen LogP contribution in [0, 0.1) is 0 Å². The minimum atomic E-state index is -0.820. The van der Waals surface area contributed by atoms with E-state index in [0.29, 0.717) is 49.1 Å². The fraction of sp³-hybridized carbons (Fsp3) is 0.391. The smallest absolute Gasteiger partial charge is 0.295 e. The first kappa shape index (κ1) is 21.9. The van der Waals surface area contributed by atoms with Crippen molar-refractivity contribution in [1.82, 2.24) is 9.80 Å². The molecule has 0 bridgehead atoms. The van der Waals surface area contributed by atoms with Crippen LogP contribution in [0.4, 0.5) is 0 Å². The van der Waals surface area contributed by atoms with E-state index in [2.05, 4.69) is 4.90 Å². The highest BCUT2D eigenvalue weighted by atomic mass is 16.5. The number of nitrogens with zero attached hydrogens (tertiary/aromatic N) is 2. The van der Waals surface area contributed by atoms with E-state index in [9.17, 15) is 14.7 Å². The maximum absolute atomic E-state index is 13.0. The molecule has 2 aliphatic rings. The van der Waals surface area contributed by atoms with Gasteiger partial charge in [-0.3, -0.25) is 14.5 Å². The van der Waals surface area contributed by atoms with Crippen molar-refractivity contribution in [3.05, 3.63) is 53.5 Å². The summed E-state index contributed by atoms with van der Waals surface area (Å²) in [5, 5.41) is 11.1. The van der Waals surface area contributed by atoms with Crippen LogP contribution in [0.15, 0.2) is 46.6 Å². The van der Waals surface area contributed by atoms with E-state index in [1.54, 1.807) is 30.3 Å². The SMILES string of the molecule is COc1ccc(/C(O)=C2\C(=O)C(=O)N(CCN3CCOCC3)C2c2ccco2)cc1OC. The van der Waals surface area contributed by atoms with Crippen LogP contribution < -0.4 is 9.47 Å². The molecule has 2 aliphatic heterocycles. The number of methoxy groups -OCH3 is 2. The van der Waals surface area contributed by atoms with Crippen LogP contribution in [0.2, 0.25) is 0 Å². The molecule has 1 unspecified atom stereocenters. The molecule has 0 aliphatic carbocycles. The highest BCUT2D eigenvalue weighted by Crippen LogP contribution is 2.40. The number of furan rings is 1. The third-order valence-electron chi connectivity index (χ3n) is 5.77. The Kier molecular flexibility index (Phi) is 6.48. The highest BCUT2D eigenvalue weighted by Gasteiger charge is 2.47. The van der Waals surface area contributed by atoms with Gasteiger partial charge in [0.15, 0.2) is 11.5 Å². The Bertz CT molecular complexity index is 1010. The molecule has 0 spiro atoms. The van der Waals surface area contributed by atoms with Crippen LogP contribution in [-0.2, 0) is 14.3 Å². The first-order valence-electron chi connectivity index (χ1n) is 10.4. The quantitative estimate of drug-likeness (QED) is 0.395. The lowest BCUT2D eigenvalue weighted by Crippen LogP contribution is -2.42. The van der Waals surface area contributed by atoms with Gasteiger partial charge in [-0.15, -0.1) is 0 Å². The van der Waals surface area contributed by atoms with Crippen molar-refractivity contribution < 1.29 is 33.3 Å². The maximum Gasteiger partial charge on any atom is 0.295 e. The topological polar surface area (TPSA) is 102 Å². The summed E-state index contributed by atoms with van der Waals surface area (Å²) in [5.74, 6) is -0.416. The fourth-order valence-corrected chi connectivity index (χ4v) is 4.07. The van der Waals surface area contributed by atoms with E-state index in [-0.39, 0.29) is 11.3 Å². The largest absolute Gasteiger partial charge is 0.507 e. The lowest BCUT2D eigenvalue weighted by molar-refractivity contribution is -0.140. The van der Waals surface area contributed by atoms with Crippen LogP contribution in [0.5, 0.6) is 11.5 Å². The molecule has 4 rings (SSSR count). The highest BCUT2D eigenvalue weighted by molar-refractivity contribution is 6.46. The number of carbonyl (C=O) groups excluding carboxylic acids is 2. The summed E-state index contributed by atoms with van der Waals surface area (Å²) < 4.78 is 21.5. The molecular weight excluding hydrogens is 416 g/mol. The molecule has 2 fully saturated rings. The molecule has 3 heterocycles. The molecule has 2 saturated heterocycles. The average molecular weight is 442 g/mol. The van der Waals surface area contributed by atoms with Crippen molar-refractivity contribution in [2.45, 2.75) is 6.04 Å². The number of hydrogen-bond donors (Lipinski definition) is 1. The van der Waals surface area contributed by atoms with E-state index in [1.807, 2.05) is 0 Å². The Labute approximate surface area is 185 Å². The van der Waals surface area contributed by atoms with Crippen LogP contribution >= 0.6 is 0 Å². The summed E-state index contributed by atoms with van der Waals surface area (Å²) >= 11 is 0. The van der Waals surface area contributed by atoms with Crippen molar-refractivity contribution in [2.75, 3.05) is 53.6 Å². The second kappa shape index (κ2) is 9.46. The number of rotatable bonds is 7. The molecule has 0 radical (unpaired) electrons. The lowest BCUT2D eigenvalue weighted by atomic mass is 9.99. The molecule has 1 amide bonds. The monoisotopic (exact) mass is 442 g/mol. The summed E-state index contributed by atoms with van der Waals surface area (Å²) in [5.41, 5.74) is 0.324. The summed E-state index contributed by atoms with van der Waals surface area (Å²) in [6.07, 6.45) is 1.48. The van der Waals surface area contributed by atoms with Gasteiger partial charge in [-0.05, 0) is 30.3 Å². The Balaban J connectivity index is 1.71. The van der Waals surface area contributed by atoms with Gasteiger partial charge in [-0.1, -0.05) is 0 Å². The van der Waals surface area contributed by atoms with Crippen molar-refractivity contribution in [3.8, 4) is 11.5 Å². The second-order valence-electron chi connectivity index (χ2n) is 7.53. The Hall–Kier alpha value is -3.30. The van der Waals surface area contributed by atoms with Crippen LogP contribution in [0.25, 0.3) is 5.76 Å². The first-order chi connectivity index (χ1) is 15.5. The van der Waals surface area contributed by atoms with E-state index in [4.69, 9.17) is 18.6 Å². The third kappa shape index (κ3) is 4.09. The molecule has 1 aromatic heterocycles. The van der Waals surface area contributed by atoms with Crippen LogP contribution in [-0.4, -0.2) is 80.2 Å². The molecule has 170 valence electrons. The molecule has 1 aromatic carbocycles. The predicted molar refractivity (Wildman–Crippen MR) is 115 cm³/mol. The standard InChI is InChI=1S/C23H26N2O7/c1-29-16-6-5-15(14-18(16)30-2)21(26)19-20(17-4-3-11-32-17)25(23(28)22(19)27)8-7-24-9-12-31-13-10-24/h3-6,11,14,20,26H,7-10,12-13H2,1-2H3/b21-19+. The number of aliphatic hydroxyl groups is 1. The van der Waals surface area contributed by atoms with Crippen LogP contribution in [0.1, 0.15) is 17.4 Å². The Morgan fingerprint density at radius 3 is 2.50 bits per heavy atom. The maximum atomic E-state index is 13.0. The molecular formula is C23H26N2O7. The zero-order chi connectivity index (χ0) is 22.7. The zero-order valence-corrected chi connectivity index (χ0v) is 18.1. The van der Waals surface area contributed by atoms with Crippen molar-refractivity contribution in [1.29, 1.82) is 0 Å². The molecule has 9 heteroatoms. The van der Waals surface area contributed by atoms with E-state index in [0.717, 1.165) is 13.1 Å². The van der Waals surface area contributed by atoms with Gasteiger partial charge in [0.1, 0.15) is 17.6 Å². The molecule has 0 saturated carbocycles. The summed E-state index contributed by atoms with van der Waals surface area (Å²) in [4.78, 5) is 29.6. The van der Waals surface area contributed by atoms with E-state index in [1.165, 1.54) is 25.4 Å². The number of amides is 1. The minimum absolute atomic E-state index is 0.0147. The number of benzene rings is 1. The van der Waals surface area contributed by atoms with Gasteiger partial charge in [-0.2, -0.15) is 0 Å². The van der Waals surface area contributed by atoms with Gasteiger partial charge < -0.3 is 28.6 Å². The van der Waals surface area contributed by atoms with Gasteiger partial charge in [0, 0.05) is 31.7 Å². The normalized spacial score (nSPS) is 21.2. The van der Waals surface area contributed by atoms with Gasteiger partial charge >= 0.3 is 0 Å². The van der Waals surface area contributed by atoms with Gasteiger partial charge in [-0.25, -0.2) is 0 Å². The lowest BCUT2D eigenvalue weighted by Gasteiger charge is -2.30. The molecule has 2 aromatic rings. The number of ether oxygens (including phenoxy) is 3. The molecule has 1 N–H and O–H groups in total. The van der Waals surface area contributed by atoms with Crippen molar-refractivity contribution >= 4 is 17.4 Å². The third-order valence-corrected chi connectivity index (χ3v) is 5.77. The van der Waals surface area contributed by atoms with Gasteiger partial charge in [0.05, 0.1) is 39.3 Å². The molecule has 32 heavy (non-hydrogen) atoms. The number of aliphatic hydroxyl groups excluding tert-OH is 1. The molecule has 1 atom stereocenters. The Morgan fingerprint density at radius 2 is 1.84 bits per heavy atom. The van der Waals surface area contributed by atoms with Crippen molar-refractivity contribution in [2.24, 2.45) is 0 Å². The Morgan fingerprint density at radius 1 is 1.09 bits per heavy atom. The number of ketones is 1. The van der Waals surface area contributed by atoms with E-state index < -0.39 is 17.7 Å². The fourth-order valence-electron chi connectivity index (χ4n) is 4.07. The number of Topliss-reactive ketones (excluding diaryl/α,β-unsaturated/α-hetero) is 1. The van der Waals surface area contributed by atoms with E-state index >= 15 is 0 Å². The van der Waals surface area contributed by atoms with Crippen LogP contribution in [0.3, 0.4) is 0 Å². The summed E-state index contributed by atoms with van der Waals surface area (Å²) in [7, 11) is 2.99. The number of likely N-dealkylation sites (tertiary alicyclic amines) is 1. The second-order valence-corrected chi connectivity index (χ2v) is 7.53. The van der Waals surface area contributed by atoms with Gasteiger partial charge in [0.25, 0.3) is 11.7 Å². The zero-order valence-electron chi connectivity index (χ0n) is 18.1. The molecule has 9 nitrogen and oxygen atoms in total. The number of carbonyl (C=O) groups is 2. The summed E-state index contributed by atoms with van der Waals surface area (Å²) in [6.45, 7) is 3.71.